The smallest absolute Gasteiger partial charge is 0.134 e. The number of anilines is 1. The van der Waals surface area contributed by atoms with E-state index in [0.29, 0.717) is 6.54 Å². The third-order valence-electron chi connectivity index (χ3n) is 3.35. The predicted molar refractivity (Wildman–Crippen MR) is 78.8 cm³/mol. The molecule has 0 fully saturated rings. The van der Waals surface area contributed by atoms with Crippen LogP contribution in [0.2, 0.25) is 0 Å². The van der Waals surface area contributed by atoms with Gasteiger partial charge in [-0.2, -0.15) is 5.10 Å². The number of rotatable bonds is 4. The molecule has 0 aliphatic rings. The fourth-order valence-electron chi connectivity index (χ4n) is 2.25. The van der Waals surface area contributed by atoms with Crippen molar-refractivity contribution in [2.45, 2.75) is 6.54 Å². The highest BCUT2D eigenvalue weighted by Crippen LogP contribution is 2.29. The Morgan fingerprint density at radius 1 is 1.15 bits per heavy atom. The number of hydrogen-bond acceptors (Lipinski definition) is 4. The first kappa shape index (κ1) is 12.5. The maximum absolute atomic E-state index is 5.38. The minimum absolute atomic E-state index is 0.680. The molecule has 102 valence electrons. The van der Waals surface area contributed by atoms with Gasteiger partial charge in [0.1, 0.15) is 11.6 Å². The molecule has 0 aliphatic carbocycles. The summed E-state index contributed by atoms with van der Waals surface area (Å²) in [6.45, 7) is 0.680. The number of fused-ring (bicyclic) bond motifs is 1. The van der Waals surface area contributed by atoms with Gasteiger partial charge in [0.15, 0.2) is 0 Å². The van der Waals surface area contributed by atoms with Crippen LogP contribution in [-0.2, 0) is 13.6 Å². The Morgan fingerprint density at radius 3 is 2.80 bits per heavy atom. The molecule has 0 saturated carbocycles. The molecule has 3 aromatic rings. The number of nitrogens with one attached hydrogen (secondary N) is 1. The van der Waals surface area contributed by atoms with E-state index in [1.54, 1.807) is 19.5 Å². The normalized spacial score (nSPS) is 10.7. The predicted octanol–water partition coefficient (Wildman–Crippen LogP) is 2.59. The van der Waals surface area contributed by atoms with Gasteiger partial charge in [0.05, 0.1) is 19.3 Å². The van der Waals surface area contributed by atoms with Crippen LogP contribution in [0.15, 0.2) is 42.7 Å². The van der Waals surface area contributed by atoms with Gasteiger partial charge in [-0.25, -0.2) is 4.98 Å². The number of aromatic nitrogens is 3. The Kier molecular flexibility index (Phi) is 3.25. The Balaban J connectivity index is 1.94. The summed E-state index contributed by atoms with van der Waals surface area (Å²) < 4.78 is 7.23. The molecule has 0 atom stereocenters. The summed E-state index contributed by atoms with van der Waals surface area (Å²) in [6, 6.07) is 9.91. The monoisotopic (exact) mass is 268 g/mol. The summed E-state index contributed by atoms with van der Waals surface area (Å²) in [6.07, 6.45) is 3.58. The van der Waals surface area contributed by atoms with Crippen LogP contribution in [0.4, 0.5) is 5.82 Å². The van der Waals surface area contributed by atoms with Crippen LogP contribution in [0.3, 0.4) is 0 Å². The molecule has 0 radical (unpaired) electrons. The van der Waals surface area contributed by atoms with Crippen molar-refractivity contribution >= 4 is 16.6 Å². The van der Waals surface area contributed by atoms with Crippen LogP contribution < -0.4 is 10.1 Å². The molecule has 2 aromatic heterocycles. The van der Waals surface area contributed by atoms with E-state index in [1.165, 1.54) is 0 Å². The summed E-state index contributed by atoms with van der Waals surface area (Å²) in [4.78, 5) is 4.42. The third kappa shape index (κ3) is 2.18. The molecule has 1 N–H and O–H groups in total. The number of hydrogen-bond donors (Lipinski definition) is 1. The lowest BCUT2D eigenvalue weighted by Gasteiger charge is -2.11. The van der Waals surface area contributed by atoms with E-state index < -0.39 is 0 Å². The number of ether oxygens (including phenoxy) is 1. The molecule has 0 amide bonds. The minimum atomic E-state index is 0.680. The second kappa shape index (κ2) is 5.21. The molecular weight excluding hydrogens is 252 g/mol. The highest BCUT2D eigenvalue weighted by atomic mass is 16.5. The van der Waals surface area contributed by atoms with Crippen LogP contribution in [0.25, 0.3) is 10.8 Å². The summed E-state index contributed by atoms with van der Waals surface area (Å²) in [5.41, 5.74) is 1.10. The lowest BCUT2D eigenvalue weighted by molar-refractivity contribution is 0.420. The zero-order valence-corrected chi connectivity index (χ0v) is 11.5. The Labute approximate surface area is 117 Å². The van der Waals surface area contributed by atoms with E-state index in [2.05, 4.69) is 15.4 Å². The van der Waals surface area contributed by atoms with Gasteiger partial charge in [-0.15, -0.1) is 0 Å². The lowest BCUT2D eigenvalue weighted by atomic mass is 10.1. The zero-order valence-electron chi connectivity index (χ0n) is 11.5. The van der Waals surface area contributed by atoms with E-state index in [0.717, 1.165) is 28.0 Å². The van der Waals surface area contributed by atoms with Crippen LogP contribution in [0.5, 0.6) is 5.75 Å². The quantitative estimate of drug-likeness (QED) is 0.790. The van der Waals surface area contributed by atoms with E-state index >= 15 is 0 Å². The number of benzene rings is 1. The molecule has 0 spiro atoms. The van der Waals surface area contributed by atoms with Crippen molar-refractivity contribution in [1.82, 2.24) is 14.8 Å². The molecule has 3 rings (SSSR count). The highest BCUT2D eigenvalue weighted by Gasteiger charge is 2.06. The van der Waals surface area contributed by atoms with Gasteiger partial charge in [0.2, 0.25) is 0 Å². The van der Waals surface area contributed by atoms with Gasteiger partial charge in [-0.3, -0.25) is 4.68 Å². The topological polar surface area (TPSA) is 52.0 Å². The van der Waals surface area contributed by atoms with E-state index in [-0.39, 0.29) is 0 Å². The summed E-state index contributed by atoms with van der Waals surface area (Å²) >= 11 is 0. The molecule has 0 unspecified atom stereocenters. The SMILES string of the molecule is COc1cccc2c(NCc3ccnn3C)nccc12. The molecule has 0 aliphatic heterocycles. The summed E-state index contributed by atoms with van der Waals surface area (Å²) in [5, 5.41) is 9.61. The second-order valence-electron chi connectivity index (χ2n) is 4.51. The van der Waals surface area contributed by atoms with Gasteiger partial charge in [0.25, 0.3) is 0 Å². The van der Waals surface area contributed by atoms with Crippen molar-refractivity contribution in [3.05, 3.63) is 48.4 Å². The number of pyridine rings is 1. The lowest BCUT2D eigenvalue weighted by Crippen LogP contribution is -2.06. The van der Waals surface area contributed by atoms with Gasteiger partial charge in [-0.1, -0.05) is 12.1 Å². The maximum atomic E-state index is 5.38. The Morgan fingerprint density at radius 2 is 2.05 bits per heavy atom. The van der Waals surface area contributed by atoms with Gasteiger partial charge in [-0.05, 0) is 18.2 Å². The molecular formula is C15H16N4O. The summed E-state index contributed by atoms with van der Waals surface area (Å²) in [5.74, 6) is 1.70. The van der Waals surface area contributed by atoms with Crippen molar-refractivity contribution in [3.63, 3.8) is 0 Å². The van der Waals surface area contributed by atoms with Crippen LogP contribution in [0.1, 0.15) is 5.69 Å². The van der Waals surface area contributed by atoms with Crippen molar-refractivity contribution in [3.8, 4) is 5.75 Å². The van der Waals surface area contributed by atoms with E-state index in [1.807, 2.05) is 42.1 Å². The van der Waals surface area contributed by atoms with E-state index in [4.69, 9.17) is 4.74 Å². The third-order valence-corrected chi connectivity index (χ3v) is 3.35. The highest BCUT2D eigenvalue weighted by molar-refractivity contribution is 5.95. The second-order valence-corrected chi connectivity index (χ2v) is 4.51. The van der Waals surface area contributed by atoms with Gasteiger partial charge >= 0.3 is 0 Å². The first-order valence-electron chi connectivity index (χ1n) is 6.42. The standard InChI is InChI=1S/C15H16N4O/c1-19-11(6-9-18-19)10-17-15-13-4-3-5-14(20-2)12(13)7-8-16-15/h3-9H,10H2,1-2H3,(H,16,17). The molecule has 5 heteroatoms. The van der Waals surface area contributed by atoms with Crippen LogP contribution >= 0.6 is 0 Å². The fourth-order valence-corrected chi connectivity index (χ4v) is 2.25. The minimum Gasteiger partial charge on any atom is -0.496 e. The van der Waals surface area contributed by atoms with Gasteiger partial charge in [0, 0.05) is 30.2 Å². The largest absolute Gasteiger partial charge is 0.496 e. The molecule has 5 nitrogen and oxygen atoms in total. The Bertz CT molecular complexity index is 736. The summed E-state index contributed by atoms with van der Waals surface area (Å²) in [7, 11) is 3.61. The molecule has 0 saturated heterocycles. The number of aryl methyl sites for hydroxylation is 1. The van der Waals surface area contributed by atoms with Crippen molar-refractivity contribution in [2.24, 2.45) is 7.05 Å². The molecule has 1 aromatic carbocycles. The first-order valence-corrected chi connectivity index (χ1v) is 6.42. The molecule has 0 bridgehead atoms. The van der Waals surface area contributed by atoms with Crippen molar-refractivity contribution in [2.75, 3.05) is 12.4 Å². The van der Waals surface area contributed by atoms with Crippen LogP contribution in [0, 0.1) is 0 Å². The van der Waals surface area contributed by atoms with Crippen LogP contribution in [-0.4, -0.2) is 21.9 Å². The maximum Gasteiger partial charge on any atom is 0.134 e. The molecule has 2 heterocycles. The number of nitrogens with zero attached hydrogens (tertiary/aromatic N) is 3. The number of methoxy groups -OCH3 is 1. The first-order chi connectivity index (χ1) is 9.79. The average Bonchev–Trinajstić information content (AvgIpc) is 2.89. The van der Waals surface area contributed by atoms with Crippen molar-refractivity contribution < 1.29 is 4.74 Å². The molecule has 20 heavy (non-hydrogen) atoms. The Hall–Kier alpha value is -2.56. The fraction of sp³-hybridized carbons (Fsp3) is 0.200. The van der Waals surface area contributed by atoms with E-state index in [9.17, 15) is 0 Å². The van der Waals surface area contributed by atoms with Gasteiger partial charge < -0.3 is 10.1 Å². The van der Waals surface area contributed by atoms with Crippen molar-refractivity contribution in [1.29, 1.82) is 0 Å². The zero-order chi connectivity index (χ0) is 13.9. The average molecular weight is 268 g/mol.